The molecule has 3 amide bonds. The van der Waals surface area contributed by atoms with Crippen LogP contribution in [0, 0.1) is 18.8 Å². The number of piperidine rings is 1. The molecule has 3 aromatic rings. The highest BCUT2D eigenvalue weighted by Crippen LogP contribution is 2.32. The number of hydrogen-bond acceptors (Lipinski definition) is 5. The molecule has 2 aromatic carbocycles. The Morgan fingerprint density at radius 2 is 1.55 bits per heavy atom. The largest absolute Gasteiger partial charge is 0.360 e. The first-order valence-corrected chi connectivity index (χ1v) is 11.3. The van der Waals surface area contributed by atoms with Crippen molar-refractivity contribution in [2.24, 2.45) is 11.8 Å². The molecule has 170 valence electrons. The van der Waals surface area contributed by atoms with E-state index >= 15 is 0 Å². The number of aryl methyl sites for hydroxylation is 1. The molecule has 1 saturated heterocycles. The van der Waals surface area contributed by atoms with Gasteiger partial charge in [-0.3, -0.25) is 14.4 Å². The summed E-state index contributed by atoms with van der Waals surface area (Å²) >= 11 is 0. The van der Waals surface area contributed by atoms with Crippen LogP contribution in [0.4, 0.5) is 11.5 Å². The maximum absolute atomic E-state index is 13.5. The Hall–Kier alpha value is -3.68. The molecule has 2 aliphatic rings. The third-order valence-electron chi connectivity index (χ3n) is 6.35. The molecule has 8 heteroatoms. The van der Waals surface area contributed by atoms with Crippen molar-refractivity contribution in [3.8, 4) is 0 Å². The highest BCUT2D eigenvalue weighted by atomic mass is 16.5. The van der Waals surface area contributed by atoms with Gasteiger partial charge in [-0.25, -0.2) is 0 Å². The third kappa shape index (κ3) is 4.60. The number of nitrogens with zero attached hydrogens (tertiary/aromatic N) is 2. The number of carbonyl (C=O) groups excluding carboxylic acids is 3. The van der Waals surface area contributed by atoms with E-state index in [-0.39, 0.29) is 29.6 Å². The standard InChI is InChI=1S/C25H26N4O4/c1-15-12-22(28-33-15)27-24(31)17-8-10-29(11-9-17)25(32)20-13-18-4-2-3-5-19(18)14-21(20)26-23(30)16-6-7-16/h2-5,12-14,16-17H,6-11H2,1H3,(H,26,30)(H,27,28,31). The third-order valence-corrected chi connectivity index (χ3v) is 6.35. The lowest BCUT2D eigenvalue weighted by Gasteiger charge is -2.31. The fourth-order valence-corrected chi connectivity index (χ4v) is 4.27. The van der Waals surface area contributed by atoms with E-state index in [1.54, 1.807) is 17.9 Å². The zero-order chi connectivity index (χ0) is 22.9. The molecule has 0 atom stereocenters. The minimum absolute atomic E-state index is 0.0298. The normalized spacial score (nSPS) is 16.6. The van der Waals surface area contributed by atoms with E-state index in [0.717, 1.165) is 23.6 Å². The van der Waals surface area contributed by atoms with Crippen LogP contribution in [0.25, 0.3) is 10.8 Å². The predicted molar refractivity (Wildman–Crippen MR) is 124 cm³/mol. The Bertz CT molecular complexity index is 1220. The molecular weight excluding hydrogens is 420 g/mol. The Labute approximate surface area is 191 Å². The topological polar surface area (TPSA) is 105 Å². The number of nitrogens with one attached hydrogen (secondary N) is 2. The van der Waals surface area contributed by atoms with Crippen LogP contribution in [0.5, 0.6) is 0 Å². The van der Waals surface area contributed by atoms with Gasteiger partial charge in [0.1, 0.15) is 5.76 Å². The monoisotopic (exact) mass is 446 g/mol. The summed E-state index contributed by atoms with van der Waals surface area (Å²) in [5, 5.41) is 11.5. The van der Waals surface area contributed by atoms with Gasteiger partial charge in [0.05, 0.1) is 11.3 Å². The number of likely N-dealkylation sites (tertiary alicyclic amines) is 1. The van der Waals surface area contributed by atoms with Gasteiger partial charge in [0.25, 0.3) is 5.91 Å². The Kier molecular flexibility index (Phi) is 5.58. The van der Waals surface area contributed by atoms with Gasteiger partial charge in [0.2, 0.25) is 11.8 Å². The van der Waals surface area contributed by atoms with Crippen LogP contribution in [-0.2, 0) is 9.59 Å². The number of anilines is 2. The summed E-state index contributed by atoms with van der Waals surface area (Å²) in [4.78, 5) is 40.2. The summed E-state index contributed by atoms with van der Waals surface area (Å²) in [6.07, 6.45) is 2.91. The summed E-state index contributed by atoms with van der Waals surface area (Å²) < 4.78 is 4.99. The van der Waals surface area contributed by atoms with Gasteiger partial charge >= 0.3 is 0 Å². The fourth-order valence-electron chi connectivity index (χ4n) is 4.27. The fraction of sp³-hybridized carbons (Fsp3) is 0.360. The maximum atomic E-state index is 13.5. The molecule has 0 unspecified atom stereocenters. The van der Waals surface area contributed by atoms with E-state index in [1.165, 1.54) is 0 Å². The van der Waals surface area contributed by atoms with Crippen molar-refractivity contribution in [3.05, 3.63) is 53.8 Å². The van der Waals surface area contributed by atoms with Gasteiger partial charge in [0.15, 0.2) is 5.82 Å². The Morgan fingerprint density at radius 1 is 0.909 bits per heavy atom. The molecule has 2 heterocycles. The van der Waals surface area contributed by atoms with Gasteiger partial charge in [-0.2, -0.15) is 0 Å². The van der Waals surface area contributed by atoms with Crippen molar-refractivity contribution in [3.63, 3.8) is 0 Å². The molecule has 8 nitrogen and oxygen atoms in total. The first-order chi connectivity index (χ1) is 16.0. The first-order valence-electron chi connectivity index (χ1n) is 11.3. The van der Waals surface area contributed by atoms with Crippen LogP contribution >= 0.6 is 0 Å². The van der Waals surface area contributed by atoms with Crippen LogP contribution in [0.15, 0.2) is 47.0 Å². The van der Waals surface area contributed by atoms with Gasteiger partial charge in [0, 0.05) is 31.0 Å². The summed E-state index contributed by atoms with van der Waals surface area (Å²) in [5.41, 5.74) is 1.04. The molecule has 2 fully saturated rings. The van der Waals surface area contributed by atoms with Gasteiger partial charge < -0.3 is 20.1 Å². The molecule has 0 spiro atoms. The number of aromatic nitrogens is 1. The molecule has 5 rings (SSSR count). The van der Waals surface area contributed by atoms with Crippen molar-refractivity contribution in [2.45, 2.75) is 32.6 Å². The zero-order valence-corrected chi connectivity index (χ0v) is 18.5. The van der Waals surface area contributed by atoms with Crippen LogP contribution < -0.4 is 10.6 Å². The van der Waals surface area contributed by atoms with Crippen LogP contribution in [-0.4, -0.2) is 40.9 Å². The molecule has 33 heavy (non-hydrogen) atoms. The van der Waals surface area contributed by atoms with Crippen molar-refractivity contribution in [2.75, 3.05) is 23.7 Å². The predicted octanol–water partition coefficient (Wildman–Crippen LogP) is 3.98. The van der Waals surface area contributed by atoms with Crippen LogP contribution in [0.1, 0.15) is 41.8 Å². The van der Waals surface area contributed by atoms with Gasteiger partial charge in [-0.1, -0.05) is 29.4 Å². The zero-order valence-electron chi connectivity index (χ0n) is 18.5. The molecule has 0 bridgehead atoms. The van der Waals surface area contributed by atoms with Crippen LogP contribution in [0.2, 0.25) is 0 Å². The number of hydrogen-bond donors (Lipinski definition) is 2. The van der Waals surface area contributed by atoms with Crippen molar-refractivity contribution >= 4 is 40.0 Å². The molecule has 1 saturated carbocycles. The lowest BCUT2D eigenvalue weighted by Crippen LogP contribution is -2.41. The SMILES string of the molecule is Cc1cc(NC(=O)C2CCN(C(=O)c3cc4ccccc4cc3NC(=O)C3CC3)CC2)no1. The van der Waals surface area contributed by atoms with Crippen molar-refractivity contribution in [1.82, 2.24) is 10.1 Å². The second-order valence-electron chi connectivity index (χ2n) is 8.89. The van der Waals surface area contributed by atoms with E-state index in [0.29, 0.717) is 48.8 Å². The molecular formula is C25H26N4O4. The van der Waals surface area contributed by atoms with E-state index in [9.17, 15) is 14.4 Å². The van der Waals surface area contributed by atoms with E-state index < -0.39 is 0 Å². The van der Waals surface area contributed by atoms with E-state index in [2.05, 4.69) is 15.8 Å². The smallest absolute Gasteiger partial charge is 0.255 e. The highest BCUT2D eigenvalue weighted by Gasteiger charge is 2.32. The van der Waals surface area contributed by atoms with E-state index in [1.807, 2.05) is 36.4 Å². The Balaban J connectivity index is 1.30. The quantitative estimate of drug-likeness (QED) is 0.617. The lowest BCUT2D eigenvalue weighted by molar-refractivity contribution is -0.121. The molecule has 1 aromatic heterocycles. The van der Waals surface area contributed by atoms with Gasteiger partial charge in [-0.05, 0) is 55.5 Å². The van der Waals surface area contributed by atoms with Crippen LogP contribution in [0.3, 0.4) is 0 Å². The average Bonchev–Trinajstić information content (AvgIpc) is 3.60. The summed E-state index contributed by atoms with van der Waals surface area (Å²) in [6.45, 7) is 2.70. The number of benzene rings is 2. The Morgan fingerprint density at radius 3 is 2.18 bits per heavy atom. The second-order valence-corrected chi connectivity index (χ2v) is 8.89. The van der Waals surface area contributed by atoms with E-state index in [4.69, 9.17) is 4.52 Å². The lowest BCUT2D eigenvalue weighted by atomic mass is 9.95. The first kappa shape index (κ1) is 21.2. The molecule has 1 aliphatic heterocycles. The number of rotatable bonds is 5. The van der Waals surface area contributed by atoms with Crippen molar-refractivity contribution in [1.29, 1.82) is 0 Å². The number of amides is 3. The highest BCUT2D eigenvalue weighted by molar-refractivity contribution is 6.08. The summed E-state index contributed by atoms with van der Waals surface area (Å²) in [7, 11) is 0. The number of carbonyl (C=O) groups is 3. The minimum Gasteiger partial charge on any atom is -0.360 e. The molecule has 0 radical (unpaired) electrons. The average molecular weight is 447 g/mol. The summed E-state index contributed by atoms with van der Waals surface area (Å²) in [6, 6.07) is 13.2. The number of fused-ring (bicyclic) bond motifs is 1. The van der Waals surface area contributed by atoms with Crippen molar-refractivity contribution < 1.29 is 18.9 Å². The molecule has 2 N–H and O–H groups in total. The minimum atomic E-state index is -0.198. The molecule has 1 aliphatic carbocycles. The van der Waals surface area contributed by atoms with Gasteiger partial charge in [-0.15, -0.1) is 0 Å². The summed E-state index contributed by atoms with van der Waals surface area (Å²) in [5.74, 6) is 0.613. The second kappa shape index (κ2) is 8.69. The maximum Gasteiger partial charge on any atom is 0.255 e.